The summed E-state index contributed by atoms with van der Waals surface area (Å²) in [6, 6.07) is 0.556. The Hall–Kier alpha value is -0.640. The van der Waals surface area contributed by atoms with Crippen LogP contribution in [-0.4, -0.2) is 16.9 Å². The molecule has 2 aliphatic rings. The number of hydrogen-bond acceptors (Lipinski definition) is 2. The maximum Gasteiger partial charge on any atom is 0.187 e. The van der Waals surface area contributed by atoms with E-state index < -0.39 is 0 Å². The molecule has 0 aliphatic heterocycles. The van der Waals surface area contributed by atoms with Gasteiger partial charge in [0.15, 0.2) is 5.11 Å². The SMILES string of the molecule is S=C(NN=C1CCCCCCCCCCC1)NC1CCCCC1. The molecule has 3 nitrogen and oxygen atoms in total. The van der Waals surface area contributed by atoms with E-state index in [9.17, 15) is 0 Å². The van der Waals surface area contributed by atoms with Crippen molar-refractivity contribution in [3.63, 3.8) is 0 Å². The van der Waals surface area contributed by atoms with Crippen LogP contribution >= 0.6 is 12.2 Å². The first kappa shape index (κ1) is 18.7. The zero-order valence-corrected chi connectivity index (χ0v) is 15.6. The maximum atomic E-state index is 5.42. The van der Waals surface area contributed by atoms with Crippen molar-refractivity contribution in [2.24, 2.45) is 5.10 Å². The molecule has 4 heteroatoms. The van der Waals surface area contributed by atoms with Gasteiger partial charge in [-0.05, 0) is 50.7 Å². The average molecular weight is 338 g/mol. The summed E-state index contributed by atoms with van der Waals surface area (Å²) in [6.45, 7) is 0. The molecule has 0 aromatic rings. The zero-order valence-electron chi connectivity index (χ0n) is 14.7. The Balaban J connectivity index is 1.73. The highest BCUT2D eigenvalue weighted by Crippen LogP contribution is 2.17. The molecule has 0 spiro atoms. The summed E-state index contributed by atoms with van der Waals surface area (Å²) in [5, 5.41) is 8.80. The van der Waals surface area contributed by atoms with Gasteiger partial charge in [-0.15, -0.1) is 0 Å². The molecule has 0 unspecified atom stereocenters. The van der Waals surface area contributed by atoms with Gasteiger partial charge < -0.3 is 5.32 Å². The van der Waals surface area contributed by atoms with Crippen LogP contribution in [0, 0.1) is 0 Å². The lowest BCUT2D eigenvalue weighted by atomic mass is 9.96. The van der Waals surface area contributed by atoms with E-state index in [4.69, 9.17) is 12.2 Å². The van der Waals surface area contributed by atoms with E-state index >= 15 is 0 Å². The number of rotatable bonds is 2. The topological polar surface area (TPSA) is 36.4 Å². The molecule has 23 heavy (non-hydrogen) atoms. The molecule has 0 bridgehead atoms. The first-order valence-corrected chi connectivity index (χ1v) is 10.4. The van der Waals surface area contributed by atoms with E-state index in [1.54, 1.807) is 0 Å². The largest absolute Gasteiger partial charge is 0.359 e. The molecule has 0 saturated heterocycles. The molecule has 2 N–H and O–H groups in total. The molecule has 2 fully saturated rings. The van der Waals surface area contributed by atoms with Crippen molar-refractivity contribution in [2.75, 3.05) is 0 Å². The number of thiocarbonyl (C=S) groups is 1. The lowest BCUT2D eigenvalue weighted by molar-refractivity contribution is 0.412. The molecule has 0 aromatic carbocycles. The van der Waals surface area contributed by atoms with Gasteiger partial charge in [0.25, 0.3) is 0 Å². The highest BCUT2D eigenvalue weighted by atomic mass is 32.1. The predicted octanol–water partition coefficient (Wildman–Crippen LogP) is 5.44. The highest BCUT2D eigenvalue weighted by molar-refractivity contribution is 7.80. The zero-order chi connectivity index (χ0) is 16.2. The molecule has 0 heterocycles. The quantitative estimate of drug-likeness (QED) is 0.520. The van der Waals surface area contributed by atoms with Crippen molar-refractivity contribution in [3.8, 4) is 0 Å². The number of nitrogens with one attached hydrogen (secondary N) is 2. The van der Waals surface area contributed by atoms with Crippen LogP contribution in [0.4, 0.5) is 0 Å². The fourth-order valence-electron chi connectivity index (χ4n) is 3.73. The first-order chi connectivity index (χ1) is 11.3. The minimum absolute atomic E-state index is 0.556. The average Bonchev–Trinajstić information content (AvgIpc) is 2.55. The van der Waals surface area contributed by atoms with Crippen LogP contribution in [0.2, 0.25) is 0 Å². The van der Waals surface area contributed by atoms with Crippen LogP contribution in [0.25, 0.3) is 0 Å². The number of hydrazone groups is 1. The van der Waals surface area contributed by atoms with Crippen LogP contribution < -0.4 is 10.7 Å². The van der Waals surface area contributed by atoms with Crippen molar-refractivity contribution in [2.45, 2.75) is 109 Å². The second-order valence-corrected chi connectivity index (χ2v) is 7.69. The van der Waals surface area contributed by atoms with Crippen LogP contribution in [0.1, 0.15) is 103 Å². The molecule has 0 amide bonds. The highest BCUT2D eigenvalue weighted by Gasteiger charge is 2.13. The van der Waals surface area contributed by atoms with Gasteiger partial charge in [0, 0.05) is 11.8 Å². The van der Waals surface area contributed by atoms with Gasteiger partial charge in [0.05, 0.1) is 0 Å². The van der Waals surface area contributed by atoms with Crippen molar-refractivity contribution in [1.29, 1.82) is 0 Å². The van der Waals surface area contributed by atoms with Gasteiger partial charge in [-0.3, -0.25) is 5.43 Å². The van der Waals surface area contributed by atoms with Crippen LogP contribution in [0.5, 0.6) is 0 Å². The minimum Gasteiger partial charge on any atom is -0.359 e. The Morgan fingerprint density at radius 3 is 1.78 bits per heavy atom. The third-order valence-electron chi connectivity index (χ3n) is 5.19. The van der Waals surface area contributed by atoms with Gasteiger partial charge in [0.1, 0.15) is 0 Å². The predicted molar refractivity (Wildman–Crippen MR) is 104 cm³/mol. The Morgan fingerprint density at radius 1 is 0.739 bits per heavy atom. The van der Waals surface area contributed by atoms with E-state index in [1.807, 2.05) is 0 Å². The van der Waals surface area contributed by atoms with Gasteiger partial charge in [-0.1, -0.05) is 64.2 Å². The molecule has 2 rings (SSSR count). The first-order valence-electron chi connectivity index (χ1n) is 9.96. The fourth-order valence-corrected chi connectivity index (χ4v) is 3.94. The second kappa shape index (κ2) is 11.8. The Bertz CT molecular complexity index is 348. The maximum absolute atomic E-state index is 5.42. The molecule has 2 saturated carbocycles. The monoisotopic (exact) mass is 337 g/mol. The third kappa shape index (κ3) is 8.69. The van der Waals surface area contributed by atoms with Crippen LogP contribution in [0.3, 0.4) is 0 Å². The van der Waals surface area contributed by atoms with Crippen molar-refractivity contribution in [1.82, 2.24) is 10.7 Å². The number of hydrogen-bond donors (Lipinski definition) is 2. The van der Waals surface area contributed by atoms with Crippen LogP contribution in [0.15, 0.2) is 5.10 Å². The number of nitrogens with zero attached hydrogens (tertiary/aromatic N) is 1. The van der Waals surface area contributed by atoms with Gasteiger partial charge in [0.2, 0.25) is 0 Å². The van der Waals surface area contributed by atoms with E-state index in [0.717, 1.165) is 18.0 Å². The third-order valence-corrected chi connectivity index (χ3v) is 5.40. The lowest BCUT2D eigenvalue weighted by Gasteiger charge is -2.23. The molecule has 0 aromatic heterocycles. The van der Waals surface area contributed by atoms with Crippen molar-refractivity contribution in [3.05, 3.63) is 0 Å². The summed E-state index contributed by atoms with van der Waals surface area (Å²) in [5.74, 6) is 0. The molecular weight excluding hydrogens is 302 g/mol. The Labute approximate surface area is 148 Å². The van der Waals surface area contributed by atoms with E-state index in [0.29, 0.717) is 6.04 Å². The molecule has 0 radical (unpaired) electrons. The minimum atomic E-state index is 0.556. The Morgan fingerprint density at radius 2 is 1.22 bits per heavy atom. The summed E-state index contributed by atoms with van der Waals surface area (Å²) in [5.41, 5.74) is 4.44. The molecule has 0 atom stereocenters. The summed E-state index contributed by atoms with van der Waals surface area (Å²) in [7, 11) is 0. The van der Waals surface area contributed by atoms with Gasteiger partial charge >= 0.3 is 0 Å². The van der Waals surface area contributed by atoms with E-state index in [1.165, 1.54) is 95.6 Å². The van der Waals surface area contributed by atoms with E-state index in [-0.39, 0.29) is 0 Å². The van der Waals surface area contributed by atoms with Crippen molar-refractivity contribution < 1.29 is 0 Å². The normalized spacial score (nSPS) is 22.5. The Kier molecular flexibility index (Phi) is 9.61. The summed E-state index contributed by atoms with van der Waals surface area (Å²) in [6.07, 6.45) is 21.1. The van der Waals surface area contributed by atoms with Crippen molar-refractivity contribution >= 4 is 23.0 Å². The summed E-state index contributed by atoms with van der Waals surface area (Å²) < 4.78 is 0. The molecular formula is C19H35N3S. The second-order valence-electron chi connectivity index (χ2n) is 7.28. The molecule has 2 aliphatic carbocycles. The standard InChI is InChI=1S/C19H35N3S/c23-19(20-17-13-11-8-12-14-17)22-21-18-15-9-6-4-2-1-3-5-7-10-16-18/h17H,1-16H2,(H2,20,22,23). The fraction of sp³-hybridized carbons (Fsp3) is 0.895. The van der Waals surface area contributed by atoms with Gasteiger partial charge in [-0.25, -0.2) is 0 Å². The van der Waals surface area contributed by atoms with E-state index in [2.05, 4.69) is 15.8 Å². The van der Waals surface area contributed by atoms with Crippen LogP contribution in [-0.2, 0) is 0 Å². The molecule has 132 valence electrons. The smallest absolute Gasteiger partial charge is 0.187 e. The summed E-state index contributed by atoms with van der Waals surface area (Å²) in [4.78, 5) is 0. The van der Waals surface area contributed by atoms with Gasteiger partial charge in [-0.2, -0.15) is 5.10 Å². The summed E-state index contributed by atoms with van der Waals surface area (Å²) >= 11 is 5.42. The lowest BCUT2D eigenvalue weighted by Crippen LogP contribution is -2.41.